The molecule has 0 bridgehead atoms. The third-order valence-electron chi connectivity index (χ3n) is 2.96. The van der Waals surface area contributed by atoms with Gasteiger partial charge in [0.15, 0.2) is 7.38 Å². The second-order valence-electron chi connectivity index (χ2n) is 3.53. The van der Waals surface area contributed by atoms with Gasteiger partial charge in [-0.15, -0.1) is 0 Å². The van der Waals surface area contributed by atoms with Crippen molar-refractivity contribution in [2.45, 2.75) is 44.3 Å². The summed E-state index contributed by atoms with van der Waals surface area (Å²) < 4.78 is 0. The molecule has 0 saturated carbocycles. The first kappa shape index (κ1) is 7.61. The van der Waals surface area contributed by atoms with Gasteiger partial charge >= 0.3 is 0 Å². The number of rotatable bonds is 0. The Kier molecular flexibility index (Phi) is 1.93. The average molecular weight is 163 g/mol. The van der Waals surface area contributed by atoms with Gasteiger partial charge in [0.05, 0.1) is 0 Å². The molecule has 0 radical (unpaired) electrons. The van der Waals surface area contributed by atoms with Gasteiger partial charge in [0.2, 0.25) is 0 Å². The number of hydrogen-bond donors (Lipinski definition) is 0. The molecule has 1 unspecified atom stereocenters. The monoisotopic (exact) mass is 162 g/mol. The lowest BCUT2D eigenvalue weighted by Crippen LogP contribution is -2.26. The lowest BCUT2D eigenvalue weighted by atomic mass is 10.2. The fourth-order valence-corrected chi connectivity index (χ4v) is 4.64. The molecule has 0 nitrogen and oxygen atoms in total. The van der Waals surface area contributed by atoms with Crippen LogP contribution in [0.2, 0.25) is 17.6 Å². The van der Waals surface area contributed by atoms with E-state index in [0.717, 1.165) is 11.1 Å². The van der Waals surface area contributed by atoms with E-state index in [-0.39, 0.29) is 0 Å². The predicted molar refractivity (Wildman–Crippen MR) is 45.6 cm³/mol. The molecule has 3 atom stereocenters. The number of halogens is 1. The molecule has 0 aliphatic carbocycles. The first-order valence-corrected chi connectivity index (χ1v) is 7.40. The maximum absolute atomic E-state index is 6.41. The van der Waals surface area contributed by atoms with Crippen LogP contribution in [-0.2, 0) is 0 Å². The highest BCUT2D eigenvalue weighted by Gasteiger charge is 2.42. The standard InChI is InChI=1S/C7H15ClSi/c1-6-4-5-7(2)9(6,3)8/h6-7H,4-5H2,1-3H3/t6-,7+,9?. The summed E-state index contributed by atoms with van der Waals surface area (Å²) >= 11 is 6.41. The summed E-state index contributed by atoms with van der Waals surface area (Å²) in [6.07, 6.45) is 2.74. The van der Waals surface area contributed by atoms with E-state index >= 15 is 0 Å². The van der Waals surface area contributed by atoms with E-state index in [1.54, 1.807) is 0 Å². The Bertz CT molecular complexity index is 99.5. The molecule has 1 aliphatic heterocycles. The van der Waals surface area contributed by atoms with Crippen molar-refractivity contribution in [3.05, 3.63) is 0 Å². The maximum atomic E-state index is 6.41. The summed E-state index contributed by atoms with van der Waals surface area (Å²) in [5.74, 6) is 0. The molecule has 2 heteroatoms. The average Bonchev–Trinajstić information content (AvgIpc) is 1.96. The summed E-state index contributed by atoms with van der Waals surface area (Å²) in [4.78, 5) is 0. The third kappa shape index (κ3) is 1.18. The lowest BCUT2D eigenvalue weighted by Gasteiger charge is -2.22. The van der Waals surface area contributed by atoms with Crippen molar-refractivity contribution in [1.29, 1.82) is 0 Å². The molecule has 0 spiro atoms. The van der Waals surface area contributed by atoms with Gasteiger partial charge in [-0.25, -0.2) is 0 Å². The summed E-state index contributed by atoms with van der Waals surface area (Å²) in [5.41, 5.74) is 1.68. The Labute approximate surface area is 63.3 Å². The first-order chi connectivity index (χ1) is 4.05. The Morgan fingerprint density at radius 1 is 1.22 bits per heavy atom. The highest BCUT2D eigenvalue weighted by Crippen LogP contribution is 2.48. The van der Waals surface area contributed by atoms with Crippen LogP contribution >= 0.6 is 11.1 Å². The summed E-state index contributed by atoms with van der Waals surface area (Å²) in [5, 5.41) is 0. The van der Waals surface area contributed by atoms with Crippen molar-refractivity contribution >= 4 is 18.5 Å². The zero-order valence-electron chi connectivity index (χ0n) is 6.45. The minimum absolute atomic E-state index is 0.842. The predicted octanol–water partition coefficient (Wildman–Crippen LogP) is 3.37. The molecular formula is C7H15ClSi. The van der Waals surface area contributed by atoms with Gasteiger partial charge in [0.1, 0.15) is 0 Å². The quantitative estimate of drug-likeness (QED) is 0.379. The van der Waals surface area contributed by atoms with Crippen LogP contribution in [0.3, 0.4) is 0 Å². The van der Waals surface area contributed by atoms with Gasteiger partial charge in [-0.3, -0.25) is 0 Å². The summed E-state index contributed by atoms with van der Waals surface area (Å²) in [6.45, 7) is 6.92. The molecule has 1 heterocycles. The zero-order chi connectivity index (χ0) is 7.07. The van der Waals surface area contributed by atoms with Gasteiger partial charge in [0, 0.05) is 0 Å². The van der Waals surface area contributed by atoms with Crippen molar-refractivity contribution in [3.63, 3.8) is 0 Å². The van der Waals surface area contributed by atoms with Crippen molar-refractivity contribution in [2.24, 2.45) is 0 Å². The van der Waals surface area contributed by atoms with Gasteiger partial charge in [0.25, 0.3) is 0 Å². The first-order valence-electron chi connectivity index (χ1n) is 3.74. The van der Waals surface area contributed by atoms with Crippen LogP contribution in [0, 0.1) is 0 Å². The van der Waals surface area contributed by atoms with Gasteiger partial charge < -0.3 is 0 Å². The van der Waals surface area contributed by atoms with E-state index in [9.17, 15) is 0 Å². The molecule has 1 saturated heterocycles. The number of hydrogen-bond acceptors (Lipinski definition) is 0. The van der Waals surface area contributed by atoms with E-state index in [2.05, 4.69) is 20.4 Å². The van der Waals surface area contributed by atoms with Crippen LogP contribution in [0.5, 0.6) is 0 Å². The van der Waals surface area contributed by atoms with Crippen LogP contribution in [0.25, 0.3) is 0 Å². The van der Waals surface area contributed by atoms with Crippen LogP contribution in [0.15, 0.2) is 0 Å². The molecule has 1 aliphatic rings. The van der Waals surface area contributed by atoms with Gasteiger partial charge in [-0.1, -0.05) is 33.2 Å². The van der Waals surface area contributed by atoms with Crippen LogP contribution in [0.4, 0.5) is 0 Å². The van der Waals surface area contributed by atoms with E-state index in [4.69, 9.17) is 11.1 Å². The Hall–Kier alpha value is 0.507. The summed E-state index contributed by atoms with van der Waals surface area (Å²) in [6, 6.07) is 0. The fourth-order valence-electron chi connectivity index (χ4n) is 1.55. The molecule has 0 amide bonds. The molecule has 0 aromatic rings. The Morgan fingerprint density at radius 2 is 1.56 bits per heavy atom. The Morgan fingerprint density at radius 3 is 1.67 bits per heavy atom. The maximum Gasteiger partial charge on any atom is 0.159 e. The highest BCUT2D eigenvalue weighted by atomic mass is 35.6. The molecule has 9 heavy (non-hydrogen) atoms. The minimum atomic E-state index is -1.27. The Balaban J connectivity index is 2.66. The van der Waals surface area contributed by atoms with Crippen LogP contribution < -0.4 is 0 Å². The SMILES string of the molecule is C[C@@H]1CC[C@H](C)[Si]1(C)Cl. The van der Waals surface area contributed by atoms with Crippen LogP contribution in [0.1, 0.15) is 26.7 Å². The normalized spacial score (nSPS) is 52.0. The van der Waals surface area contributed by atoms with E-state index < -0.39 is 7.38 Å². The molecule has 0 N–H and O–H groups in total. The molecule has 0 aromatic heterocycles. The van der Waals surface area contributed by atoms with E-state index in [1.807, 2.05) is 0 Å². The topological polar surface area (TPSA) is 0 Å². The molecule has 0 aromatic carbocycles. The fraction of sp³-hybridized carbons (Fsp3) is 1.00. The molecule has 1 rings (SSSR count). The van der Waals surface area contributed by atoms with Crippen LogP contribution in [-0.4, -0.2) is 7.38 Å². The molecule has 54 valence electrons. The minimum Gasteiger partial charge on any atom is -0.167 e. The van der Waals surface area contributed by atoms with E-state index in [0.29, 0.717) is 0 Å². The summed E-state index contributed by atoms with van der Waals surface area (Å²) in [7, 11) is -1.27. The van der Waals surface area contributed by atoms with Crippen molar-refractivity contribution in [2.75, 3.05) is 0 Å². The van der Waals surface area contributed by atoms with Crippen molar-refractivity contribution < 1.29 is 0 Å². The van der Waals surface area contributed by atoms with E-state index in [1.165, 1.54) is 12.8 Å². The van der Waals surface area contributed by atoms with Crippen molar-refractivity contribution in [3.8, 4) is 0 Å². The molecular weight excluding hydrogens is 148 g/mol. The zero-order valence-corrected chi connectivity index (χ0v) is 8.20. The highest BCUT2D eigenvalue weighted by molar-refractivity contribution is 7.21. The van der Waals surface area contributed by atoms with Gasteiger partial charge in [-0.2, -0.15) is 11.1 Å². The second-order valence-corrected chi connectivity index (χ2v) is 10.2. The van der Waals surface area contributed by atoms with Gasteiger partial charge in [-0.05, 0) is 11.1 Å². The third-order valence-corrected chi connectivity index (χ3v) is 9.63. The molecule has 1 fully saturated rings. The largest absolute Gasteiger partial charge is 0.167 e. The smallest absolute Gasteiger partial charge is 0.159 e. The van der Waals surface area contributed by atoms with Crippen molar-refractivity contribution in [1.82, 2.24) is 0 Å². The second kappa shape index (κ2) is 2.28. The lowest BCUT2D eigenvalue weighted by molar-refractivity contribution is 0.765.